The topological polar surface area (TPSA) is 108 Å². The molecule has 0 bridgehead atoms. The molecule has 0 amide bonds. The molecule has 0 aliphatic rings. The molecule has 0 saturated carbocycles. The van der Waals surface area contributed by atoms with Gasteiger partial charge in [0.1, 0.15) is 22.9 Å². The fourth-order valence-electron chi connectivity index (χ4n) is 2.04. The molecule has 1 aromatic heterocycles. The Labute approximate surface area is 139 Å². The molecular weight excluding hydrogens is 361 g/mol. The van der Waals surface area contributed by atoms with E-state index in [1.165, 1.54) is 12.4 Å². The first kappa shape index (κ1) is 16.8. The Bertz CT molecular complexity index is 1040. The van der Waals surface area contributed by atoms with Crippen molar-refractivity contribution in [3.8, 4) is 17.1 Å². The third kappa shape index (κ3) is 3.26. The molecule has 0 radical (unpaired) electrons. The summed E-state index contributed by atoms with van der Waals surface area (Å²) in [5.41, 5.74) is -0.191. The SMILES string of the molecule is O=S(=O)(Nc1cc(-c2ncn[nH]2)ccc1F)c1cc(F)cc(F)c1O. The van der Waals surface area contributed by atoms with Crippen molar-refractivity contribution in [2.45, 2.75) is 4.90 Å². The summed E-state index contributed by atoms with van der Waals surface area (Å²) in [6.45, 7) is 0. The highest BCUT2D eigenvalue weighted by molar-refractivity contribution is 7.92. The summed E-state index contributed by atoms with van der Waals surface area (Å²) < 4.78 is 66.9. The Morgan fingerprint density at radius 1 is 1.08 bits per heavy atom. The molecule has 1 heterocycles. The van der Waals surface area contributed by atoms with Crippen molar-refractivity contribution < 1.29 is 26.7 Å². The minimum Gasteiger partial charge on any atom is -0.504 e. The van der Waals surface area contributed by atoms with E-state index < -0.39 is 43.8 Å². The lowest BCUT2D eigenvalue weighted by molar-refractivity contribution is 0.412. The Morgan fingerprint density at radius 2 is 1.84 bits per heavy atom. The first-order valence-electron chi connectivity index (χ1n) is 6.64. The van der Waals surface area contributed by atoms with Crippen LogP contribution < -0.4 is 4.72 Å². The van der Waals surface area contributed by atoms with Crippen molar-refractivity contribution in [1.82, 2.24) is 15.2 Å². The molecule has 3 N–H and O–H groups in total. The van der Waals surface area contributed by atoms with Gasteiger partial charge in [-0.15, -0.1) is 0 Å². The van der Waals surface area contributed by atoms with Gasteiger partial charge in [0.15, 0.2) is 17.4 Å². The molecule has 3 aromatic rings. The van der Waals surface area contributed by atoms with E-state index in [-0.39, 0.29) is 5.82 Å². The number of phenols is 1. The van der Waals surface area contributed by atoms with Crippen LogP contribution in [0.5, 0.6) is 5.75 Å². The van der Waals surface area contributed by atoms with E-state index in [0.29, 0.717) is 17.7 Å². The molecule has 0 fully saturated rings. The van der Waals surface area contributed by atoms with Crippen molar-refractivity contribution in [3.05, 3.63) is 54.1 Å². The Balaban J connectivity index is 2.03. The van der Waals surface area contributed by atoms with Crippen molar-refractivity contribution in [1.29, 1.82) is 0 Å². The van der Waals surface area contributed by atoms with Crippen LogP contribution in [0.15, 0.2) is 41.6 Å². The summed E-state index contributed by atoms with van der Waals surface area (Å²) in [6.07, 6.45) is 1.20. The molecule has 3 rings (SSSR count). The number of phenolic OH excluding ortho intramolecular Hbond substituents is 1. The fraction of sp³-hybridized carbons (Fsp3) is 0. The lowest BCUT2D eigenvalue weighted by Gasteiger charge is -2.11. The first-order valence-corrected chi connectivity index (χ1v) is 8.12. The van der Waals surface area contributed by atoms with Crippen LogP contribution >= 0.6 is 0 Å². The summed E-state index contributed by atoms with van der Waals surface area (Å²) in [6, 6.07) is 4.15. The van der Waals surface area contributed by atoms with Gasteiger partial charge in [-0.25, -0.2) is 26.6 Å². The monoisotopic (exact) mass is 370 g/mol. The summed E-state index contributed by atoms with van der Waals surface area (Å²) in [5.74, 6) is -4.65. The molecule has 0 unspecified atom stereocenters. The number of aromatic nitrogens is 3. The van der Waals surface area contributed by atoms with Crippen LogP contribution in [0.1, 0.15) is 0 Å². The number of anilines is 1. The van der Waals surface area contributed by atoms with Gasteiger partial charge in [-0.2, -0.15) is 5.10 Å². The van der Waals surface area contributed by atoms with Gasteiger partial charge in [-0.3, -0.25) is 9.82 Å². The van der Waals surface area contributed by atoms with E-state index >= 15 is 0 Å². The van der Waals surface area contributed by atoms with Gasteiger partial charge in [-0.05, 0) is 24.3 Å². The second kappa shape index (κ2) is 6.09. The number of sulfonamides is 1. The van der Waals surface area contributed by atoms with Crippen molar-refractivity contribution in [3.63, 3.8) is 0 Å². The lowest BCUT2D eigenvalue weighted by atomic mass is 10.2. The fourth-order valence-corrected chi connectivity index (χ4v) is 3.22. The van der Waals surface area contributed by atoms with Gasteiger partial charge < -0.3 is 5.11 Å². The van der Waals surface area contributed by atoms with Gasteiger partial charge in [0.2, 0.25) is 0 Å². The maximum absolute atomic E-state index is 13.9. The predicted molar refractivity (Wildman–Crippen MR) is 80.6 cm³/mol. The third-order valence-electron chi connectivity index (χ3n) is 3.18. The molecular formula is C14H9F3N4O3S. The van der Waals surface area contributed by atoms with Crippen LogP contribution in [0.2, 0.25) is 0 Å². The summed E-state index contributed by atoms with van der Waals surface area (Å²) in [7, 11) is -4.66. The van der Waals surface area contributed by atoms with Crippen LogP contribution in [-0.2, 0) is 10.0 Å². The second-order valence-electron chi connectivity index (χ2n) is 4.87. The van der Waals surface area contributed by atoms with Crippen molar-refractivity contribution >= 4 is 15.7 Å². The van der Waals surface area contributed by atoms with Crippen molar-refractivity contribution in [2.75, 3.05) is 4.72 Å². The summed E-state index contributed by atoms with van der Waals surface area (Å²) in [4.78, 5) is 2.78. The van der Waals surface area contributed by atoms with Crippen LogP contribution in [-0.4, -0.2) is 28.7 Å². The van der Waals surface area contributed by atoms with E-state index in [4.69, 9.17) is 0 Å². The highest BCUT2D eigenvalue weighted by Gasteiger charge is 2.24. The third-order valence-corrected chi connectivity index (χ3v) is 4.56. The van der Waals surface area contributed by atoms with Crippen LogP contribution in [0.4, 0.5) is 18.9 Å². The standard InChI is InChI=1S/C14H9F3N4O3S/c15-8-4-10(17)13(22)12(5-8)25(23,24)21-11-3-7(1-2-9(11)16)14-18-6-19-20-14/h1-6,21-22H,(H,18,19,20). The largest absolute Gasteiger partial charge is 0.504 e. The molecule has 25 heavy (non-hydrogen) atoms. The maximum atomic E-state index is 13.9. The van der Waals surface area contributed by atoms with Gasteiger partial charge in [0.25, 0.3) is 10.0 Å². The normalized spacial score (nSPS) is 11.5. The zero-order valence-electron chi connectivity index (χ0n) is 12.2. The molecule has 0 atom stereocenters. The number of H-pyrrole nitrogens is 1. The minimum atomic E-state index is -4.66. The molecule has 130 valence electrons. The van der Waals surface area contributed by atoms with Crippen LogP contribution in [0, 0.1) is 17.5 Å². The smallest absolute Gasteiger partial charge is 0.265 e. The maximum Gasteiger partial charge on any atom is 0.265 e. The van der Waals surface area contributed by atoms with Crippen molar-refractivity contribution in [2.24, 2.45) is 0 Å². The number of hydrogen-bond donors (Lipinski definition) is 3. The average Bonchev–Trinajstić information content (AvgIpc) is 3.07. The van der Waals surface area contributed by atoms with Crippen LogP contribution in [0.3, 0.4) is 0 Å². The highest BCUT2D eigenvalue weighted by Crippen LogP contribution is 2.30. The van der Waals surface area contributed by atoms with E-state index in [9.17, 15) is 26.7 Å². The van der Waals surface area contributed by atoms with Gasteiger partial charge in [-0.1, -0.05) is 0 Å². The molecule has 0 spiro atoms. The number of rotatable bonds is 4. The van der Waals surface area contributed by atoms with E-state index in [1.807, 2.05) is 4.72 Å². The highest BCUT2D eigenvalue weighted by atomic mass is 32.2. The quantitative estimate of drug-likeness (QED) is 0.654. The molecule has 11 heteroatoms. The molecule has 7 nitrogen and oxygen atoms in total. The predicted octanol–water partition coefficient (Wildman–Crippen LogP) is 2.40. The zero-order chi connectivity index (χ0) is 18.2. The molecule has 2 aromatic carbocycles. The number of aromatic hydroxyl groups is 1. The molecule has 0 aliphatic carbocycles. The summed E-state index contributed by atoms with van der Waals surface area (Å²) in [5, 5.41) is 15.7. The number of nitrogens with zero attached hydrogens (tertiary/aromatic N) is 2. The van der Waals surface area contributed by atoms with Gasteiger partial charge in [0, 0.05) is 11.6 Å². The Kier molecular flexibility index (Phi) is 4.08. The van der Waals surface area contributed by atoms with Gasteiger partial charge >= 0.3 is 0 Å². The number of aromatic amines is 1. The Morgan fingerprint density at radius 3 is 2.52 bits per heavy atom. The number of benzene rings is 2. The van der Waals surface area contributed by atoms with Gasteiger partial charge in [0.05, 0.1) is 5.69 Å². The lowest BCUT2D eigenvalue weighted by Crippen LogP contribution is -2.15. The number of hydrogen-bond acceptors (Lipinski definition) is 5. The minimum absolute atomic E-state index is 0.250. The Hall–Kier alpha value is -3.08. The zero-order valence-corrected chi connectivity index (χ0v) is 13.0. The average molecular weight is 370 g/mol. The summed E-state index contributed by atoms with van der Waals surface area (Å²) >= 11 is 0. The molecule has 0 aliphatic heterocycles. The number of halogens is 3. The second-order valence-corrected chi connectivity index (χ2v) is 6.52. The first-order chi connectivity index (χ1) is 11.8. The van der Waals surface area contributed by atoms with E-state index in [2.05, 4.69) is 15.2 Å². The van der Waals surface area contributed by atoms with Crippen LogP contribution in [0.25, 0.3) is 11.4 Å². The van der Waals surface area contributed by atoms with E-state index in [0.717, 1.165) is 12.1 Å². The molecule has 0 saturated heterocycles. The number of nitrogens with one attached hydrogen (secondary N) is 2. The van der Waals surface area contributed by atoms with E-state index in [1.54, 1.807) is 0 Å².